The summed E-state index contributed by atoms with van der Waals surface area (Å²) in [5, 5.41) is 16.0. The van der Waals surface area contributed by atoms with Crippen LogP contribution in [0.15, 0.2) is 17.5 Å². The van der Waals surface area contributed by atoms with E-state index in [4.69, 9.17) is 0 Å². The molecule has 20 heavy (non-hydrogen) atoms. The zero-order valence-electron chi connectivity index (χ0n) is 11.5. The maximum absolute atomic E-state index is 9.55. The first-order valence-electron chi connectivity index (χ1n) is 6.62. The lowest BCUT2D eigenvalue weighted by Crippen LogP contribution is -2.35. The van der Waals surface area contributed by atoms with Crippen LogP contribution in [-0.2, 0) is 0 Å². The molecule has 1 atom stereocenters. The van der Waals surface area contributed by atoms with Crippen molar-refractivity contribution in [3.05, 3.63) is 22.4 Å². The van der Waals surface area contributed by atoms with Gasteiger partial charge in [0.15, 0.2) is 0 Å². The van der Waals surface area contributed by atoms with Crippen molar-refractivity contribution in [1.82, 2.24) is 9.36 Å². The van der Waals surface area contributed by atoms with Crippen molar-refractivity contribution < 1.29 is 5.11 Å². The van der Waals surface area contributed by atoms with E-state index in [1.54, 1.807) is 11.3 Å². The monoisotopic (exact) mass is 310 g/mol. The molecule has 5 nitrogen and oxygen atoms in total. The van der Waals surface area contributed by atoms with Gasteiger partial charge in [-0.1, -0.05) is 6.07 Å². The van der Waals surface area contributed by atoms with Crippen LogP contribution < -0.4 is 10.2 Å². The number of aliphatic hydroxyl groups is 1. The number of aromatic nitrogens is 2. The minimum absolute atomic E-state index is 0.143. The van der Waals surface area contributed by atoms with E-state index in [0.29, 0.717) is 5.92 Å². The predicted molar refractivity (Wildman–Crippen MR) is 83.6 cm³/mol. The Balaban J connectivity index is 1.75. The number of aliphatic hydroxyl groups excluding tert-OH is 1. The molecular formula is C13H18N4OS2. The van der Waals surface area contributed by atoms with Gasteiger partial charge < -0.3 is 15.3 Å². The molecule has 0 amide bonds. The number of thiophene rings is 1. The largest absolute Gasteiger partial charge is 0.393 e. The molecule has 0 saturated heterocycles. The molecule has 1 saturated carbocycles. The van der Waals surface area contributed by atoms with Gasteiger partial charge in [0.25, 0.3) is 0 Å². The fourth-order valence-corrected chi connectivity index (χ4v) is 3.92. The molecule has 0 spiro atoms. The average Bonchev–Trinajstić information content (AvgIpc) is 3.03. The smallest absolute Gasteiger partial charge is 0.238 e. The van der Waals surface area contributed by atoms with Crippen LogP contribution in [0, 0.1) is 5.92 Å². The van der Waals surface area contributed by atoms with E-state index in [9.17, 15) is 5.11 Å². The molecule has 0 aliphatic heterocycles. The summed E-state index contributed by atoms with van der Waals surface area (Å²) in [6.07, 6.45) is 1.57. The normalized spacial score (nSPS) is 23.1. The Morgan fingerprint density at radius 3 is 2.80 bits per heavy atom. The van der Waals surface area contributed by atoms with Crippen LogP contribution in [0.5, 0.6) is 0 Å². The highest BCUT2D eigenvalue weighted by Crippen LogP contribution is 2.41. The Morgan fingerprint density at radius 1 is 1.45 bits per heavy atom. The summed E-state index contributed by atoms with van der Waals surface area (Å²) in [6, 6.07) is 4.43. The van der Waals surface area contributed by atoms with Gasteiger partial charge in [-0.2, -0.15) is 9.36 Å². The van der Waals surface area contributed by atoms with Gasteiger partial charge >= 0.3 is 0 Å². The van der Waals surface area contributed by atoms with Crippen LogP contribution in [-0.4, -0.2) is 34.7 Å². The Bertz CT molecular complexity index is 548. The fourth-order valence-electron chi connectivity index (χ4n) is 2.38. The minimum atomic E-state index is -0.143. The van der Waals surface area contributed by atoms with E-state index in [0.717, 1.165) is 23.9 Å². The molecule has 2 aromatic heterocycles. The molecule has 0 unspecified atom stereocenters. The van der Waals surface area contributed by atoms with Gasteiger partial charge in [0.05, 0.1) is 12.1 Å². The molecule has 2 heterocycles. The quantitative estimate of drug-likeness (QED) is 0.889. The van der Waals surface area contributed by atoms with Crippen LogP contribution in [0.3, 0.4) is 0 Å². The van der Waals surface area contributed by atoms with Gasteiger partial charge in [0.2, 0.25) is 11.1 Å². The van der Waals surface area contributed by atoms with Crippen molar-refractivity contribution in [3.8, 4) is 0 Å². The molecule has 2 N–H and O–H groups in total. The average molecular weight is 310 g/mol. The zero-order chi connectivity index (χ0) is 14.1. The number of nitrogens with zero attached hydrogens (tertiary/aromatic N) is 3. The van der Waals surface area contributed by atoms with E-state index in [-0.39, 0.29) is 12.1 Å². The highest BCUT2D eigenvalue weighted by molar-refractivity contribution is 7.10. The molecule has 7 heteroatoms. The van der Waals surface area contributed by atoms with Crippen LogP contribution in [0.1, 0.15) is 23.8 Å². The number of rotatable bonds is 5. The molecule has 1 aliphatic rings. The lowest BCUT2D eigenvalue weighted by molar-refractivity contribution is 0.0344. The minimum Gasteiger partial charge on any atom is -0.393 e. The Kier molecular flexibility index (Phi) is 3.91. The van der Waals surface area contributed by atoms with Crippen LogP contribution >= 0.6 is 22.9 Å². The van der Waals surface area contributed by atoms with E-state index in [1.165, 1.54) is 16.4 Å². The van der Waals surface area contributed by atoms with E-state index < -0.39 is 0 Å². The number of hydrogen-bond donors (Lipinski definition) is 2. The first-order chi connectivity index (χ1) is 9.63. The third-order valence-corrected chi connectivity index (χ3v) is 5.16. The van der Waals surface area contributed by atoms with Crippen molar-refractivity contribution in [2.24, 2.45) is 5.92 Å². The van der Waals surface area contributed by atoms with Crippen molar-refractivity contribution in [2.75, 3.05) is 24.3 Å². The second-order valence-electron chi connectivity index (χ2n) is 5.32. The second kappa shape index (κ2) is 5.67. The van der Waals surface area contributed by atoms with Gasteiger partial charge in [0, 0.05) is 30.5 Å². The van der Waals surface area contributed by atoms with Crippen molar-refractivity contribution >= 4 is 33.9 Å². The Morgan fingerprint density at radius 2 is 2.25 bits per heavy atom. The standard InChI is InChI=1S/C13H18N4OS2/c1-17(2)12-15-13(20-16-12)14-11(8-6-9(18)7-8)10-4-3-5-19-10/h3-5,8-9,11,18H,6-7H2,1-2H3,(H,14,15,16)/t8?,9?,11-/m1/s1. The van der Waals surface area contributed by atoms with Crippen LogP contribution in [0.2, 0.25) is 0 Å². The first-order valence-corrected chi connectivity index (χ1v) is 8.28. The summed E-state index contributed by atoms with van der Waals surface area (Å²) in [7, 11) is 3.87. The summed E-state index contributed by atoms with van der Waals surface area (Å²) in [5.41, 5.74) is 0. The molecule has 0 aromatic carbocycles. The van der Waals surface area contributed by atoms with E-state index in [2.05, 4.69) is 32.2 Å². The maximum atomic E-state index is 9.55. The number of nitrogens with one attached hydrogen (secondary N) is 1. The zero-order valence-corrected chi connectivity index (χ0v) is 13.1. The van der Waals surface area contributed by atoms with Gasteiger partial charge in [-0.15, -0.1) is 11.3 Å². The molecule has 108 valence electrons. The molecule has 3 rings (SSSR count). The van der Waals surface area contributed by atoms with E-state index in [1.807, 2.05) is 19.0 Å². The van der Waals surface area contributed by atoms with E-state index >= 15 is 0 Å². The van der Waals surface area contributed by atoms with Crippen molar-refractivity contribution in [1.29, 1.82) is 0 Å². The molecule has 1 fully saturated rings. The summed E-state index contributed by atoms with van der Waals surface area (Å²) in [4.78, 5) is 7.68. The fraction of sp³-hybridized carbons (Fsp3) is 0.538. The lowest BCUT2D eigenvalue weighted by Gasteiger charge is -2.37. The van der Waals surface area contributed by atoms with Gasteiger partial charge in [-0.25, -0.2) is 0 Å². The molecule has 0 radical (unpaired) electrons. The first kappa shape index (κ1) is 13.8. The summed E-state index contributed by atoms with van der Waals surface area (Å²) in [6.45, 7) is 0. The van der Waals surface area contributed by atoms with Gasteiger partial charge in [-0.05, 0) is 30.2 Å². The third kappa shape index (κ3) is 2.79. The third-order valence-electron chi connectivity index (χ3n) is 3.57. The molecular weight excluding hydrogens is 292 g/mol. The number of hydrogen-bond acceptors (Lipinski definition) is 7. The summed E-state index contributed by atoms with van der Waals surface area (Å²) >= 11 is 3.13. The SMILES string of the molecule is CN(C)c1nsc(N[C@@H](c2cccs2)C2CC(O)C2)n1. The maximum Gasteiger partial charge on any atom is 0.238 e. The topological polar surface area (TPSA) is 61.3 Å². The van der Waals surface area contributed by atoms with Gasteiger partial charge in [-0.3, -0.25) is 0 Å². The summed E-state index contributed by atoms with van der Waals surface area (Å²) in [5.74, 6) is 1.20. The number of anilines is 2. The van der Waals surface area contributed by atoms with Crippen LogP contribution in [0.25, 0.3) is 0 Å². The predicted octanol–water partition coefficient (Wildman–Crippen LogP) is 2.59. The van der Waals surface area contributed by atoms with Crippen LogP contribution in [0.4, 0.5) is 11.1 Å². The Hall–Kier alpha value is -1.18. The van der Waals surface area contributed by atoms with Crippen molar-refractivity contribution in [3.63, 3.8) is 0 Å². The highest BCUT2D eigenvalue weighted by atomic mass is 32.1. The second-order valence-corrected chi connectivity index (χ2v) is 7.05. The molecule has 1 aliphatic carbocycles. The molecule has 2 aromatic rings. The lowest BCUT2D eigenvalue weighted by atomic mass is 9.77. The van der Waals surface area contributed by atoms with Gasteiger partial charge in [0.1, 0.15) is 0 Å². The molecule has 0 bridgehead atoms. The summed E-state index contributed by atoms with van der Waals surface area (Å²) < 4.78 is 4.32. The van der Waals surface area contributed by atoms with Crippen molar-refractivity contribution in [2.45, 2.75) is 25.0 Å². The Labute approximate surface area is 126 Å². The highest BCUT2D eigenvalue weighted by Gasteiger charge is 2.35.